The Kier molecular flexibility index (Phi) is 2.85. The molecule has 2 heterocycles. The molecule has 0 spiro atoms. The van der Waals surface area contributed by atoms with Crippen LogP contribution in [0.1, 0.15) is 16.7 Å². The first-order valence-electron chi connectivity index (χ1n) is 6.48. The van der Waals surface area contributed by atoms with E-state index in [9.17, 15) is 0 Å². The molecule has 1 N–H and O–H groups in total. The zero-order chi connectivity index (χ0) is 13.4. The molecule has 19 heavy (non-hydrogen) atoms. The van der Waals surface area contributed by atoms with Gasteiger partial charge < -0.3 is 10.1 Å². The summed E-state index contributed by atoms with van der Waals surface area (Å²) in [6.07, 6.45) is 0.975. The maximum absolute atomic E-state index is 5.53. The van der Waals surface area contributed by atoms with E-state index in [0.29, 0.717) is 0 Å². The van der Waals surface area contributed by atoms with Gasteiger partial charge in [-0.3, -0.25) is 0 Å². The lowest BCUT2D eigenvalue weighted by atomic mass is 10.0. The first-order valence-corrected chi connectivity index (χ1v) is 6.48. The topological polar surface area (TPSA) is 47.0 Å². The molecule has 3 rings (SSSR count). The Morgan fingerprint density at radius 2 is 2.00 bits per heavy atom. The Morgan fingerprint density at radius 1 is 1.16 bits per heavy atom. The maximum Gasteiger partial charge on any atom is 0.151 e. The summed E-state index contributed by atoms with van der Waals surface area (Å²) in [6.45, 7) is 4.93. The average molecular weight is 255 g/mol. The van der Waals surface area contributed by atoms with E-state index in [1.807, 2.05) is 13.1 Å². The Hall–Kier alpha value is -2.10. The van der Waals surface area contributed by atoms with Gasteiger partial charge in [0.25, 0.3) is 0 Å². The van der Waals surface area contributed by atoms with E-state index in [1.165, 1.54) is 11.1 Å². The van der Waals surface area contributed by atoms with Crippen LogP contribution in [0.3, 0.4) is 0 Å². The highest BCUT2D eigenvalue weighted by molar-refractivity contribution is 5.68. The molecule has 4 nitrogen and oxygen atoms in total. The van der Waals surface area contributed by atoms with Gasteiger partial charge in [0.2, 0.25) is 0 Å². The molecular formula is C15H17N3O. The van der Waals surface area contributed by atoms with Crippen LogP contribution in [-0.2, 0) is 6.42 Å². The van der Waals surface area contributed by atoms with Crippen molar-refractivity contribution in [2.24, 2.45) is 0 Å². The van der Waals surface area contributed by atoms with Crippen LogP contribution < -0.4 is 10.1 Å². The van der Waals surface area contributed by atoms with Crippen LogP contribution >= 0.6 is 0 Å². The van der Waals surface area contributed by atoms with E-state index in [1.54, 1.807) is 0 Å². The van der Waals surface area contributed by atoms with Gasteiger partial charge in [-0.2, -0.15) is 0 Å². The maximum atomic E-state index is 5.53. The van der Waals surface area contributed by atoms with Crippen LogP contribution in [0.25, 0.3) is 11.3 Å². The SMILES string of the molecule is CNc1nnc(-c2ccc3c(c2)CCO3)c(C)c1C. The van der Waals surface area contributed by atoms with Crippen LogP contribution in [0.4, 0.5) is 5.82 Å². The van der Waals surface area contributed by atoms with E-state index < -0.39 is 0 Å². The molecule has 2 aromatic rings. The van der Waals surface area contributed by atoms with Crippen molar-refractivity contribution in [1.29, 1.82) is 0 Å². The van der Waals surface area contributed by atoms with Gasteiger partial charge in [-0.25, -0.2) is 0 Å². The highest BCUT2D eigenvalue weighted by atomic mass is 16.5. The van der Waals surface area contributed by atoms with Crippen molar-refractivity contribution in [2.45, 2.75) is 20.3 Å². The summed E-state index contributed by atoms with van der Waals surface area (Å²) in [5.41, 5.74) is 5.63. The number of nitrogens with one attached hydrogen (secondary N) is 1. The molecule has 0 atom stereocenters. The van der Waals surface area contributed by atoms with E-state index >= 15 is 0 Å². The number of fused-ring (bicyclic) bond motifs is 1. The number of rotatable bonds is 2. The van der Waals surface area contributed by atoms with Crippen molar-refractivity contribution in [3.8, 4) is 17.0 Å². The number of benzene rings is 1. The van der Waals surface area contributed by atoms with Crippen molar-refractivity contribution in [2.75, 3.05) is 19.0 Å². The van der Waals surface area contributed by atoms with E-state index in [0.717, 1.165) is 41.4 Å². The molecule has 4 heteroatoms. The predicted molar refractivity (Wildman–Crippen MR) is 75.7 cm³/mol. The lowest BCUT2D eigenvalue weighted by molar-refractivity contribution is 0.357. The van der Waals surface area contributed by atoms with Gasteiger partial charge >= 0.3 is 0 Å². The van der Waals surface area contributed by atoms with Gasteiger partial charge in [-0.05, 0) is 48.7 Å². The lowest BCUT2D eigenvalue weighted by Crippen LogP contribution is -2.02. The molecule has 0 bridgehead atoms. The summed E-state index contributed by atoms with van der Waals surface area (Å²) >= 11 is 0. The van der Waals surface area contributed by atoms with Crippen molar-refractivity contribution < 1.29 is 4.74 Å². The molecule has 0 saturated heterocycles. The molecule has 1 aliphatic heterocycles. The average Bonchev–Trinajstić information content (AvgIpc) is 2.89. The molecule has 0 unspecified atom stereocenters. The summed E-state index contributed by atoms with van der Waals surface area (Å²) in [7, 11) is 1.86. The Bertz CT molecular complexity index is 638. The summed E-state index contributed by atoms with van der Waals surface area (Å²) in [6, 6.07) is 6.25. The number of anilines is 1. The second-order valence-electron chi connectivity index (χ2n) is 4.82. The number of aromatic nitrogens is 2. The molecule has 0 aliphatic carbocycles. The van der Waals surface area contributed by atoms with E-state index in [2.05, 4.69) is 41.5 Å². The summed E-state index contributed by atoms with van der Waals surface area (Å²) in [5, 5.41) is 11.7. The largest absolute Gasteiger partial charge is 0.493 e. The van der Waals surface area contributed by atoms with E-state index in [4.69, 9.17) is 4.74 Å². The molecule has 1 aliphatic rings. The molecule has 0 radical (unpaired) electrons. The molecule has 0 saturated carbocycles. The molecule has 1 aromatic carbocycles. The lowest BCUT2D eigenvalue weighted by Gasteiger charge is -2.11. The number of ether oxygens (including phenoxy) is 1. The fraction of sp³-hybridized carbons (Fsp3) is 0.333. The van der Waals surface area contributed by atoms with Crippen LogP contribution in [0.5, 0.6) is 5.75 Å². The quantitative estimate of drug-likeness (QED) is 0.896. The third kappa shape index (κ3) is 1.93. The van der Waals surface area contributed by atoms with Gasteiger partial charge in [0, 0.05) is 19.0 Å². The molecule has 0 fully saturated rings. The Morgan fingerprint density at radius 3 is 2.79 bits per heavy atom. The Balaban J connectivity index is 2.10. The Labute approximate surface area is 112 Å². The van der Waals surface area contributed by atoms with Gasteiger partial charge in [0.1, 0.15) is 5.75 Å². The van der Waals surface area contributed by atoms with Crippen LogP contribution in [0.2, 0.25) is 0 Å². The van der Waals surface area contributed by atoms with Crippen LogP contribution in [0.15, 0.2) is 18.2 Å². The van der Waals surface area contributed by atoms with Crippen LogP contribution in [0, 0.1) is 13.8 Å². The minimum absolute atomic E-state index is 0.779. The fourth-order valence-corrected chi connectivity index (χ4v) is 2.45. The normalized spacial score (nSPS) is 13.0. The molecular weight excluding hydrogens is 238 g/mol. The highest BCUT2D eigenvalue weighted by Gasteiger charge is 2.15. The molecule has 98 valence electrons. The summed E-state index contributed by atoms with van der Waals surface area (Å²) < 4.78 is 5.53. The highest BCUT2D eigenvalue weighted by Crippen LogP contribution is 2.32. The molecule has 0 amide bonds. The second-order valence-corrected chi connectivity index (χ2v) is 4.82. The van der Waals surface area contributed by atoms with Crippen molar-refractivity contribution in [3.05, 3.63) is 34.9 Å². The van der Waals surface area contributed by atoms with Gasteiger partial charge in [-0.1, -0.05) is 0 Å². The first kappa shape index (κ1) is 12.0. The second kappa shape index (κ2) is 4.53. The predicted octanol–water partition coefficient (Wildman–Crippen LogP) is 2.74. The number of hydrogen-bond donors (Lipinski definition) is 1. The fourth-order valence-electron chi connectivity index (χ4n) is 2.45. The first-order chi connectivity index (χ1) is 9.20. The van der Waals surface area contributed by atoms with Gasteiger partial charge in [-0.15, -0.1) is 10.2 Å². The summed E-state index contributed by atoms with van der Waals surface area (Å²) in [4.78, 5) is 0. The van der Waals surface area contributed by atoms with Gasteiger partial charge in [0.05, 0.1) is 12.3 Å². The minimum atomic E-state index is 0.779. The number of hydrogen-bond acceptors (Lipinski definition) is 4. The van der Waals surface area contributed by atoms with Crippen molar-refractivity contribution >= 4 is 5.82 Å². The summed E-state index contributed by atoms with van der Waals surface area (Å²) in [5.74, 6) is 1.84. The van der Waals surface area contributed by atoms with E-state index in [-0.39, 0.29) is 0 Å². The third-order valence-corrected chi connectivity index (χ3v) is 3.72. The smallest absolute Gasteiger partial charge is 0.151 e. The zero-order valence-corrected chi connectivity index (χ0v) is 11.4. The minimum Gasteiger partial charge on any atom is -0.493 e. The van der Waals surface area contributed by atoms with Crippen LogP contribution in [-0.4, -0.2) is 23.9 Å². The monoisotopic (exact) mass is 255 g/mol. The number of nitrogens with zero attached hydrogens (tertiary/aromatic N) is 2. The van der Waals surface area contributed by atoms with Gasteiger partial charge in [0.15, 0.2) is 5.82 Å². The third-order valence-electron chi connectivity index (χ3n) is 3.72. The van der Waals surface area contributed by atoms with Crippen molar-refractivity contribution in [3.63, 3.8) is 0 Å². The molecule has 1 aromatic heterocycles. The standard InChI is InChI=1S/C15H17N3O/c1-9-10(2)15(16-3)18-17-14(9)12-4-5-13-11(8-12)6-7-19-13/h4-5,8H,6-7H2,1-3H3,(H,16,18). The van der Waals surface area contributed by atoms with Crippen molar-refractivity contribution in [1.82, 2.24) is 10.2 Å². The zero-order valence-electron chi connectivity index (χ0n) is 11.4.